The van der Waals surface area contributed by atoms with Crippen LogP contribution >= 0.6 is 0 Å². The van der Waals surface area contributed by atoms with Crippen LogP contribution in [0.5, 0.6) is 0 Å². The number of nitrogens with one attached hydrogen (secondary N) is 1. The number of para-hydroxylation sites is 1. The van der Waals surface area contributed by atoms with E-state index in [9.17, 15) is 4.79 Å². The van der Waals surface area contributed by atoms with Crippen molar-refractivity contribution in [3.05, 3.63) is 34.2 Å². The first-order chi connectivity index (χ1) is 9.58. The van der Waals surface area contributed by atoms with Crippen molar-refractivity contribution in [1.82, 2.24) is 14.5 Å². The van der Waals surface area contributed by atoms with E-state index in [0.717, 1.165) is 37.0 Å². The van der Waals surface area contributed by atoms with Gasteiger partial charge in [0, 0.05) is 13.1 Å². The average Bonchev–Trinajstić information content (AvgIpc) is 2.74. The number of imidazole rings is 1. The van der Waals surface area contributed by atoms with Crippen LogP contribution in [-0.2, 0) is 6.54 Å². The number of benzene rings is 1. The summed E-state index contributed by atoms with van der Waals surface area (Å²) >= 11 is 0. The number of H-pyrrole nitrogens is 1. The van der Waals surface area contributed by atoms with Crippen molar-refractivity contribution in [3.63, 3.8) is 0 Å². The SMILES string of the molecule is CCC(CC)c1cccc2[nH]c(=O)n(CCN(C)C)c12. The molecule has 0 radical (unpaired) electrons. The Bertz CT molecular complexity index is 620. The number of aromatic amines is 1. The molecular weight excluding hydrogens is 250 g/mol. The molecule has 0 amide bonds. The van der Waals surface area contributed by atoms with Crippen molar-refractivity contribution in [2.24, 2.45) is 0 Å². The normalized spacial score (nSPS) is 11.9. The Morgan fingerprint density at radius 2 is 1.95 bits per heavy atom. The zero-order valence-corrected chi connectivity index (χ0v) is 12.9. The van der Waals surface area contributed by atoms with E-state index in [1.165, 1.54) is 5.56 Å². The Labute approximate surface area is 120 Å². The number of hydrogen-bond acceptors (Lipinski definition) is 2. The Morgan fingerprint density at radius 1 is 1.25 bits per heavy atom. The van der Waals surface area contributed by atoms with Gasteiger partial charge in [0.1, 0.15) is 0 Å². The fourth-order valence-electron chi connectivity index (χ4n) is 2.82. The molecule has 4 nitrogen and oxygen atoms in total. The molecule has 1 N–H and O–H groups in total. The minimum atomic E-state index is 0.000237. The van der Waals surface area contributed by atoms with Gasteiger partial charge in [-0.1, -0.05) is 26.0 Å². The summed E-state index contributed by atoms with van der Waals surface area (Å²) in [6, 6.07) is 6.20. The fourth-order valence-corrected chi connectivity index (χ4v) is 2.82. The molecule has 0 bridgehead atoms. The smallest absolute Gasteiger partial charge is 0.308 e. The topological polar surface area (TPSA) is 41.0 Å². The molecule has 4 heteroatoms. The first-order valence-electron chi connectivity index (χ1n) is 7.44. The lowest BCUT2D eigenvalue weighted by Gasteiger charge is -2.16. The molecule has 20 heavy (non-hydrogen) atoms. The highest BCUT2D eigenvalue weighted by Gasteiger charge is 2.16. The van der Waals surface area contributed by atoms with E-state index >= 15 is 0 Å². The summed E-state index contributed by atoms with van der Waals surface area (Å²) in [5.74, 6) is 0.513. The van der Waals surface area contributed by atoms with Gasteiger partial charge in [0.25, 0.3) is 0 Å². The molecule has 0 aliphatic carbocycles. The molecule has 2 rings (SSSR count). The predicted molar refractivity (Wildman–Crippen MR) is 84.4 cm³/mol. The Morgan fingerprint density at radius 3 is 2.55 bits per heavy atom. The number of likely N-dealkylation sites (N-methyl/N-ethyl adjacent to an activating group) is 1. The third kappa shape index (κ3) is 2.80. The van der Waals surface area contributed by atoms with Gasteiger partial charge in [0.2, 0.25) is 0 Å². The maximum Gasteiger partial charge on any atom is 0.326 e. The van der Waals surface area contributed by atoms with Gasteiger partial charge in [-0.15, -0.1) is 0 Å². The zero-order chi connectivity index (χ0) is 14.7. The summed E-state index contributed by atoms with van der Waals surface area (Å²) in [6.45, 7) is 6.01. The first-order valence-corrected chi connectivity index (χ1v) is 7.44. The molecule has 0 spiro atoms. The van der Waals surface area contributed by atoms with Gasteiger partial charge in [-0.2, -0.15) is 0 Å². The van der Waals surface area contributed by atoms with Crippen LogP contribution < -0.4 is 5.69 Å². The van der Waals surface area contributed by atoms with Crippen LogP contribution in [0.15, 0.2) is 23.0 Å². The summed E-state index contributed by atoms with van der Waals surface area (Å²) in [7, 11) is 4.06. The summed E-state index contributed by atoms with van der Waals surface area (Å²) in [4.78, 5) is 17.3. The van der Waals surface area contributed by atoms with Crippen LogP contribution in [0.25, 0.3) is 11.0 Å². The van der Waals surface area contributed by atoms with Crippen molar-refractivity contribution in [2.45, 2.75) is 39.2 Å². The lowest BCUT2D eigenvalue weighted by molar-refractivity contribution is 0.383. The summed E-state index contributed by atoms with van der Waals surface area (Å²) in [6.07, 6.45) is 2.20. The van der Waals surface area contributed by atoms with Crippen LogP contribution in [0.4, 0.5) is 0 Å². The van der Waals surface area contributed by atoms with Gasteiger partial charge >= 0.3 is 5.69 Å². The Kier molecular flexibility index (Phi) is 4.65. The van der Waals surface area contributed by atoms with Crippen molar-refractivity contribution >= 4 is 11.0 Å². The zero-order valence-electron chi connectivity index (χ0n) is 12.9. The second-order valence-corrected chi connectivity index (χ2v) is 5.64. The number of hydrogen-bond donors (Lipinski definition) is 1. The van der Waals surface area contributed by atoms with E-state index in [2.05, 4.69) is 29.8 Å². The van der Waals surface area contributed by atoms with Crippen LogP contribution in [-0.4, -0.2) is 35.1 Å². The molecule has 0 fully saturated rings. The van der Waals surface area contributed by atoms with E-state index in [4.69, 9.17) is 0 Å². The molecule has 0 atom stereocenters. The highest BCUT2D eigenvalue weighted by molar-refractivity contribution is 5.79. The molecule has 2 aromatic rings. The number of nitrogens with zero attached hydrogens (tertiary/aromatic N) is 2. The van der Waals surface area contributed by atoms with E-state index < -0.39 is 0 Å². The van der Waals surface area contributed by atoms with Gasteiger partial charge in [-0.25, -0.2) is 4.79 Å². The number of aromatic nitrogens is 2. The standard InChI is InChI=1S/C16H25N3O/c1-5-12(6-2)13-8-7-9-14-15(13)19(16(20)17-14)11-10-18(3)4/h7-9,12H,5-6,10-11H2,1-4H3,(H,17,20). The highest BCUT2D eigenvalue weighted by atomic mass is 16.1. The van der Waals surface area contributed by atoms with Crippen LogP contribution in [0.2, 0.25) is 0 Å². The van der Waals surface area contributed by atoms with Crippen molar-refractivity contribution < 1.29 is 0 Å². The third-order valence-electron chi connectivity index (χ3n) is 4.02. The number of rotatable bonds is 6. The van der Waals surface area contributed by atoms with Crippen molar-refractivity contribution in [1.29, 1.82) is 0 Å². The van der Waals surface area contributed by atoms with Gasteiger partial charge in [-0.3, -0.25) is 4.57 Å². The first kappa shape index (κ1) is 14.9. The maximum atomic E-state index is 12.2. The Hall–Kier alpha value is -1.55. The molecule has 0 aliphatic rings. The molecule has 1 aromatic heterocycles. The minimum Gasteiger partial charge on any atom is -0.308 e. The van der Waals surface area contributed by atoms with Crippen LogP contribution in [0.3, 0.4) is 0 Å². The van der Waals surface area contributed by atoms with Crippen LogP contribution in [0.1, 0.15) is 38.2 Å². The monoisotopic (exact) mass is 275 g/mol. The largest absolute Gasteiger partial charge is 0.326 e. The van der Waals surface area contributed by atoms with Crippen molar-refractivity contribution in [2.75, 3.05) is 20.6 Å². The highest BCUT2D eigenvalue weighted by Crippen LogP contribution is 2.28. The quantitative estimate of drug-likeness (QED) is 0.880. The van der Waals surface area contributed by atoms with E-state index in [0.29, 0.717) is 5.92 Å². The molecule has 1 aromatic carbocycles. The summed E-state index contributed by atoms with van der Waals surface area (Å²) in [5, 5.41) is 0. The van der Waals surface area contributed by atoms with Gasteiger partial charge in [0.05, 0.1) is 11.0 Å². The molecular formula is C16H25N3O. The second-order valence-electron chi connectivity index (χ2n) is 5.64. The van der Waals surface area contributed by atoms with E-state index in [-0.39, 0.29) is 5.69 Å². The summed E-state index contributed by atoms with van der Waals surface area (Å²) in [5.41, 5.74) is 3.34. The minimum absolute atomic E-state index is 0.000237. The fraction of sp³-hybridized carbons (Fsp3) is 0.562. The average molecular weight is 275 g/mol. The van der Waals surface area contributed by atoms with Crippen molar-refractivity contribution in [3.8, 4) is 0 Å². The molecule has 0 saturated heterocycles. The second kappa shape index (κ2) is 6.27. The lowest BCUT2D eigenvalue weighted by atomic mass is 9.93. The van der Waals surface area contributed by atoms with Gasteiger partial charge < -0.3 is 9.88 Å². The third-order valence-corrected chi connectivity index (χ3v) is 4.02. The van der Waals surface area contributed by atoms with E-state index in [1.807, 2.05) is 30.8 Å². The summed E-state index contributed by atoms with van der Waals surface area (Å²) < 4.78 is 1.89. The molecule has 110 valence electrons. The van der Waals surface area contributed by atoms with E-state index in [1.54, 1.807) is 0 Å². The van der Waals surface area contributed by atoms with Crippen LogP contribution in [0, 0.1) is 0 Å². The van der Waals surface area contributed by atoms with Gasteiger partial charge in [0.15, 0.2) is 0 Å². The molecule has 0 unspecified atom stereocenters. The Balaban J connectivity index is 2.56. The molecule has 0 aliphatic heterocycles. The molecule has 0 saturated carbocycles. The maximum absolute atomic E-state index is 12.2. The van der Waals surface area contributed by atoms with Gasteiger partial charge in [-0.05, 0) is 44.5 Å². The lowest BCUT2D eigenvalue weighted by Crippen LogP contribution is -2.25. The molecule has 1 heterocycles. The predicted octanol–water partition coefficient (Wildman–Crippen LogP) is 2.79. The number of fused-ring (bicyclic) bond motifs is 1.